The van der Waals surface area contributed by atoms with E-state index in [0.29, 0.717) is 22.7 Å². The van der Waals surface area contributed by atoms with Crippen LogP contribution in [0.2, 0.25) is 0 Å². The summed E-state index contributed by atoms with van der Waals surface area (Å²) in [5.74, 6) is -0.363. The molecule has 4 nitrogen and oxygen atoms in total. The summed E-state index contributed by atoms with van der Waals surface area (Å²) in [5, 5.41) is 11.6. The minimum absolute atomic E-state index is 0.0170. The molecule has 0 aromatic heterocycles. The van der Waals surface area contributed by atoms with E-state index in [1.54, 1.807) is 24.3 Å². The zero-order chi connectivity index (χ0) is 16.2. The molecule has 1 saturated carbocycles. The molecule has 0 spiro atoms. The van der Waals surface area contributed by atoms with Crippen molar-refractivity contribution in [2.24, 2.45) is 0 Å². The average molecular weight is 309 g/mol. The van der Waals surface area contributed by atoms with Crippen LogP contribution in [0.15, 0.2) is 48.5 Å². The Labute approximate surface area is 135 Å². The predicted octanol–water partition coefficient (Wildman–Crippen LogP) is 3.83. The van der Waals surface area contributed by atoms with E-state index in [4.69, 9.17) is 5.11 Å². The number of benzene rings is 2. The number of carbonyl (C=O) groups excluding carboxylic acids is 1. The van der Waals surface area contributed by atoms with Crippen molar-refractivity contribution in [1.29, 1.82) is 0 Å². The summed E-state index contributed by atoms with van der Waals surface area (Å²) in [6, 6.07) is 14.7. The monoisotopic (exact) mass is 309 g/mol. The first kappa shape index (κ1) is 15.3. The molecule has 1 amide bonds. The Balaban J connectivity index is 1.62. The molecule has 3 rings (SSSR count). The van der Waals surface area contributed by atoms with Crippen molar-refractivity contribution >= 4 is 17.6 Å². The first-order valence-electron chi connectivity index (χ1n) is 7.84. The van der Waals surface area contributed by atoms with Gasteiger partial charge in [0.2, 0.25) is 0 Å². The number of aliphatic carboxylic acids is 1. The molecule has 2 N–H and O–H groups in total. The fraction of sp³-hybridized carbons (Fsp3) is 0.263. The molecule has 118 valence electrons. The number of nitrogens with one attached hydrogen (secondary N) is 1. The molecule has 0 bridgehead atoms. The molecular weight excluding hydrogens is 290 g/mol. The Morgan fingerprint density at radius 2 is 1.65 bits per heavy atom. The van der Waals surface area contributed by atoms with Gasteiger partial charge in [-0.1, -0.05) is 30.7 Å². The minimum Gasteiger partial charge on any atom is -0.481 e. The van der Waals surface area contributed by atoms with E-state index >= 15 is 0 Å². The van der Waals surface area contributed by atoms with Gasteiger partial charge in [0.1, 0.15) is 0 Å². The van der Waals surface area contributed by atoms with Gasteiger partial charge in [-0.2, -0.15) is 0 Å². The highest BCUT2D eigenvalue weighted by molar-refractivity contribution is 6.04. The smallest absolute Gasteiger partial charge is 0.307 e. The van der Waals surface area contributed by atoms with Crippen LogP contribution >= 0.6 is 0 Å². The molecule has 2 aromatic rings. The normalized spacial score (nSPS) is 14.1. The van der Waals surface area contributed by atoms with Crippen LogP contribution in [0.4, 0.5) is 5.69 Å². The molecule has 1 fully saturated rings. The summed E-state index contributed by atoms with van der Waals surface area (Å²) in [6.45, 7) is 0. The van der Waals surface area contributed by atoms with Gasteiger partial charge >= 0.3 is 5.97 Å². The fourth-order valence-electron chi connectivity index (χ4n) is 2.73. The van der Waals surface area contributed by atoms with E-state index in [1.165, 1.54) is 24.8 Å². The molecule has 1 aliphatic rings. The quantitative estimate of drug-likeness (QED) is 0.882. The molecule has 0 atom stereocenters. The summed E-state index contributed by atoms with van der Waals surface area (Å²) in [5.41, 5.74) is 3.31. The van der Waals surface area contributed by atoms with Crippen LogP contribution in [0, 0.1) is 0 Å². The van der Waals surface area contributed by atoms with Gasteiger partial charge in [0.05, 0.1) is 6.42 Å². The van der Waals surface area contributed by atoms with Crippen LogP contribution in [0.3, 0.4) is 0 Å². The molecule has 0 aliphatic heterocycles. The van der Waals surface area contributed by atoms with E-state index in [1.807, 2.05) is 24.3 Å². The second-order valence-corrected chi connectivity index (χ2v) is 5.97. The molecule has 23 heavy (non-hydrogen) atoms. The zero-order valence-electron chi connectivity index (χ0n) is 12.8. The number of rotatable bonds is 5. The number of hydrogen-bond acceptors (Lipinski definition) is 2. The number of carboxylic acids is 1. The largest absolute Gasteiger partial charge is 0.481 e. The first-order valence-corrected chi connectivity index (χ1v) is 7.84. The summed E-state index contributed by atoms with van der Waals surface area (Å²) < 4.78 is 0. The van der Waals surface area contributed by atoms with Crippen molar-refractivity contribution in [3.63, 3.8) is 0 Å². The maximum absolute atomic E-state index is 12.2. The number of anilines is 1. The lowest BCUT2D eigenvalue weighted by Crippen LogP contribution is -2.13. The van der Waals surface area contributed by atoms with Crippen molar-refractivity contribution in [2.75, 3.05) is 5.32 Å². The summed E-state index contributed by atoms with van der Waals surface area (Å²) >= 11 is 0. The lowest BCUT2D eigenvalue weighted by molar-refractivity contribution is -0.136. The van der Waals surface area contributed by atoms with Crippen LogP contribution in [0.5, 0.6) is 0 Å². The highest BCUT2D eigenvalue weighted by Gasteiger charge is 2.19. The molecule has 0 unspecified atom stereocenters. The topological polar surface area (TPSA) is 66.4 Å². The van der Waals surface area contributed by atoms with Gasteiger partial charge in [-0.3, -0.25) is 9.59 Å². The van der Waals surface area contributed by atoms with Crippen LogP contribution in [-0.4, -0.2) is 17.0 Å². The van der Waals surface area contributed by atoms with Gasteiger partial charge in [-0.25, -0.2) is 0 Å². The van der Waals surface area contributed by atoms with Crippen LogP contribution in [0.25, 0.3) is 0 Å². The van der Waals surface area contributed by atoms with E-state index in [0.717, 1.165) is 0 Å². The molecule has 0 saturated heterocycles. The maximum Gasteiger partial charge on any atom is 0.307 e. The number of hydrogen-bond donors (Lipinski definition) is 2. The Kier molecular flexibility index (Phi) is 4.42. The van der Waals surface area contributed by atoms with Crippen molar-refractivity contribution in [1.82, 2.24) is 0 Å². The van der Waals surface area contributed by atoms with Crippen LogP contribution in [0.1, 0.15) is 46.7 Å². The molecular formula is C19H19NO3. The van der Waals surface area contributed by atoms with Crippen LogP contribution in [-0.2, 0) is 11.2 Å². The fourth-order valence-corrected chi connectivity index (χ4v) is 2.73. The lowest BCUT2D eigenvalue weighted by atomic mass is 9.80. The Hall–Kier alpha value is -2.62. The summed E-state index contributed by atoms with van der Waals surface area (Å²) in [6.07, 6.45) is 3.77. The Bertz CT molecular complexity index is 700. The van der Waals surface area contributed by atoms with Gasteiger partial charge in [0.15, 0.2) is 0 Å². The standard InChI is InChI=1S/C19H19NO3/c21-18(22)12-13-4-10-17(11-5-13)20-19(23)16-8-6-15(7-9-16)14-2-1-3-14/h4-11,14H,1-3,12H2,(H,20,23)(H,21,22). The second kappa shape index (κ2) is 6.65. The van der Waals surface area contributed by atoms with Crippen molar-refractivity contribution in [3.05, 3.63) is 65.2 Å². The maximum atomic E-state index is 12.2. The van der Waals surface area contributed by atoms with Gasteiger partial charge in [-0.05, 0) is 54.2 Å². The van der Waals surface area contributed by atoms with Crippen LogP contribution < -0.4 is 5.32 Å². The van der Waals surface area contributed by atoms with Crippen molar-refractivity contribution in [2.45, 2.75) is 31.6 Å². The predicted molar refractivity (Wildman–Crippen MR) is 88.8 cm³/mol. The molecule has 0 heterocycles. The van der Waals surface area contributed by atoms with E-state index in [-0.39, 0.29) is 12.3 Å². The van der Waals surface area contributed by atoms with Crippen molar-refractivity contribution < 1.29 is 14.7 Å². The molecule has 2 aromatic carbocycles. The third-order valence-corrected chi connectivity index (χ3v) is 4.32. The SMILES string of the molecule is O=C(O)Cc1ccc(NC(=O)c2ccc(C3CCC3)cc2)cc1. The first-order chi connectivity index (χ1) is 11.1. The number of amides is 1. The van der Waals surface area contributed by atoms with Crippen molar-refractivity contribution in [3.8, 4) is 0 Å². The summed E-state index contributed by atoms with van der Waals surface area (Å²) in [4.78, 5) is 22.9. The highest BCUT2D eigenvalue weighted by atomic mass is 16.4. The minimum atomic E-state index is -0.867. The number of carboxylic acid groups (broad SMARTS) is 1. The zero-order valence-corrected chi connectivity index (χ0v) is 12.8. The second-order valence-electron chi connectivity index (χ2n) is 5.97. The highest BCUT2D eigenvalue weighted by Crippen LogP contribution is 2.36. The Morgan fingerprint density at radius 3 is 2.17 bits per heavy atom. The van der Waals surface area contributed by atoms with Gasteiger partial charge in [0.25, 0.3) is 5.91 Å². The lowest BCUT2D eigenvalue weighted by Gasteiger charge is -2.25. The average Bonchev–Trinajstić information content (AvgIpc) is 2.48. The van der Waals surface area contributed by atoms with E-state index in [2.05, 4.69) is 5.32 Å². The molecule has 0 radical (unpaired) electrons. The molecule has 1 aliphatic carbocycles. The molecule has 4 heteroatoms. The number of carbonyl (C=O) groups is 2. The van der Waals surface area contributed by atoms with E-state index in [9.17, 15) is 9.59 Å². The van der Waals surface area contributed by atoms with Gasteiger partial charge < -0.3 is 10.4 Å². The third kappa shape index (κ3) is 3.77. The summed E-state index contributed by atoms with van der Waals surface area (Å²) in [7, 11) is 0. The van der Waals surface area contributed by atoms with Gasteiger partial charge in [-0.15, -0.1) is 0 Å². The Morgan fingerprint density at radius 1 is 1.00 bits per heavy atom. The van der Waals surface area contributed by atoms with Gasteiger partial charge in [0, 0.05) is 11.3 Å². The van der Waals surface area contributed by atoms with E-state index < -0.39 is 5.97 Å². The third-order valence-electron chi connectivity index (χ3n) is 4.32.